The predicted octanol–water partition coefficient (Wildman–Crippen LogP) is 4.79. The van der Waals surface area contributed by atoms with Gasteiger partial charge in [-0.1, -0.05) is 48.0 Å². The molecule has 2 heterocycles. The van der Waals surface area contributed by atoms with E-state index in [2.05, 4.69) is 96.9 Å². The highest BCUT2D eigenvalue weighted by atomic mass is 16.7. The quantitative estimate of drug-likeness (QED) is 0.687. The molecule has 0 bridgehead atoms. The van der Waals surface area contributed by atoms with Gasteiger partial charge in [0.15, 0.2) is 5.75 Å². The first-order valence-electron chi connectivity index (χ1n) is 10.4. The van der Waals surface area contributed by atoms with E-state index in [-0.39, 0.29) is 11.6 Å². The number of rotatable bonds is 2. The van der Waals surface area contributed by atoms with Crippen LogP contribution in [0.5, 0.6) is 5.75 Å². The number of nitrogens with zero attached hydrogens (tertiary/aromatic N) is 1. The molecule has 4 nitrogen and oxygen atoms in total. The number of benzene rings is 2. The minimum atomic E-state index is -0.454. The van der Waals surface area contributed by atoms with Crippen molar-refractivity contribution in [3.8, 4) is 5.75 Å². The molecule has 2 aromatic carbocycles. The van der Waals surface area contributed by atoms with Crippen LogP contribution >= 0.6 is 0 Å². The van der Waals surface area contributed by atoms with Crippen molar-refractivity contribution in [3.05, 3.63) is 59.2 Å². The number of hydrogen-bond donors (Lipinski definition) is 0. The van der Waals surface area contributed by atoms with Gasteiger partial charge in [-0.05, 0) is 61.0 Å². The van der Waals surface area contributed by atoms with Crippen LogP contribution in [0, 0.1) is 6.92 Å². The van der Waals surface area contributed by atoms with Crippen molar-refractivity contribution >= 4 is 12.6 Å². The van der Waals surface area contributed by atoms with Crippen molar-refractivity contribution in [2.75, 3.05) is 0 Å². The third-order valence-corrected chi connectivity index (χ3v) is 6.29. The topological polar surface area (TPSA) is 30.9 Å². The van der Waals surface area contributed by atoms with Crippen molar-refractivity contribution in [3.63, 3.8) is 0 Å². The molecule has 2 aliphatic heterocycles. The predicted molar refractivity (Wildman–Crippen MR) is 117 cm³/mol. The smallest absolute Gasteiger partial charge is 0.405 e. The summed E-state index contributed by atoms with van der Waals surface area (Å²) in [5.74, 6) is 0.859. The highest BCUT2D eigenvalue weighted by molar-refractivity contribution is 6.63. The summed E-state index contributed by atoms with van der Waals surface area (Å²) >= 11 is 0. The zero-order valence-corrected chi connectivity index (χ0v) is 18.9. The largest absolute Gasteiger partial charge is 0.498 e. The number of hydrogen-bond acceptors (Lipinski definition) is 4. The van der Waals surface area contributed by atoms with Crippen LogP contribution in [-0.4, -0.2) is 28.9 Å². The average molecular weight is 393 g/mol. The second-order valence-corrected chi connectivity index (χ2v) is 10.3. The van der Waals surface area contributed by atoms with Crippen molar-refractivity contribution < 1.29 is 14.1 Å². The van der Waals surface area contributed by atoms with E-state index in [9.17, 15) is 0 Å². The molecular formula is C24H32BNO3. The van der Waals surface area contributed by atoms with Gasteiger partial charge in [-0.25, -0.2) is 0 Å². The van der Waals surface area contributed by atoms with E-state index < -0.39 is 18.3 Å². The molecule has 0 saturated carbocycles. The maximum absolute atomic E-state index is 6.55. The maximum atomic E-state index is 6.55. The molecule has 1 atom stereocenters. The molecule has 0 N–H and O–H groups in total. The van der Waals surface area contributed by atoms with E-state index in [4.69, 9.17) is 14.1 Å². The molecule has 0 aliphatic carbocycles. The summed E-state index contributed by atoms with van der Waals surface area (Å²) in [5.41, 5.74) is 3.55. The zero-order valence-electron chi connectivity index (χ0n) is 18.9. The van der Waals surface area contributed by atoms with E-state index in [0.29, 0.717) is 0 Å². The second kappa shape index (κ2) is 6.59. The highest BCUT2D eigenvalue weighted by Gasteiger charge is 2.54. The number of hydroxylamine groups is 2. The third-order valence-electron chi connectivity index (χ3n) is 6.29. The molecule has 4 rings (SSSR count). The lowest BCUT2D eigenvalue weighted by Gasteiger charge is -2.34. The summed E-state index contributed by atoms with van der Waals surface area (Å²) in [4.78, 5) is 6.55. The first-order chi connectivity index (χ1) is 13.4. The molecule has 29 heavy (non-hydrogen) atoms. The summed E-state index contributed by atoms with van der Waals surface area (Å²) in [6.45, 7) is 17.0. The Hall–Kier alpha value is -1.82. The molecule has 0 aromatic heterocycles. The van der Waals surface area contributed by atoms with Crippen molar-refractivity contribution in [2.45, 2.75) is 78.2 Å². The molecule has 2 aliphatic rings. The molecular weight excluding hydrogens is 361 g/mol. The van der Waals surface area contributed by atoms with Gasteiger partial charge in [0.1, 0.15) is 6.04 Å². The maximum Gasteiger partial charge on any atom is 0.498 e. The summed E-state index contributed by atoms with van der Waals surface area (Å²) in [7, 11) is -0.454. The van der Waals surface area contributed by atoms with Gasteiger partial charge in [0.05, 0.1) is 11.2 Å². The van der Waals surface area contributed by atoms with E-state index in [0.717, 1.165) is 16.8 Å². The minimum Gasteiger partial charge on any atom is -0.405 e. The normalized spacial score (nSPS) is 23.2. The van der Waals surface area contributed by atoms with Crippen LogP contribution in [0.3, 0.4) is 0 Å². The van der Waals surface area contributed by atoms with Crippen LogP contribution in [0.15, 0.2) is 42.5 Å². The summed E-state index contributed by atoms with van der Waals surface area (Å²) < 4.78 is 12.7. The molecule has 0 spiro atoms. The lowest BCUT2D eigenvalue weighted by molar-refractivity contribution is -0.128. The van der Waals surface area contributed by atoms with Crippen LogP contribution in [0.2, 0.25) is 0 Å². The SMILES string of the molecule is Cc1cc(B2OC(C)(C)C(C)(C)O2)c2c(c1)C(c1ccccc1)N(C(C)(C)C)O2. The second-order valence-electron chi connectivity index (χ2n) is 10.3. The summed E-state index contributed by atoms with van der Waals surface area (Å²) in [6, 6.07) is 14.9. The lowest BCUT2D eigenvalue weighted by atomic mass is 9.76. The number of aryl methyl sites for hydroxylation is 1. The molecule has 1 fully saturated rings. The standard InChI is InChI=1S/C24H32BNO3/c1-16-14-18-20(17-12-10-9-11-13-17)26(22(2,3)4)27-21(18)19(15-16)25-28-23(5,6)24(7,8)29-25/h9-15,20H,1-8H3. The van der Waals surface area contributed by atoms with Crippen LogP contribution in [-0.2, 0) is 9.31 Å². The summed E-state index contributed by atoms with van der Waals surface area (Å²) in [5, 5.41) is 2.10. The minimum absolute atomic E-state index is 0.0206. The Kier molecular flexibility index (Phi) is 4.65. The highest BCUT2D eigenvalue weighted by Crippen LogP contribution is 2.46. The Morgan fingerprint density at radius 2 is 1.52 bits per heavy atom. The fourth-order valence-electron chi connectivity index (χ4n) is 4.04. The van der Waals surface area contributed by atoms with Gasteiger partial charge in [0.2, 0.25) is 0 Å². The Morgan fingerprint density at radius 1 is 0.931 bits per heavy atom. The van der Waals surface area contributed by atoms with Crippen molar-refractivity contribution in [1.82, 2.24) is 5.06 Å². The van der Waals surface area contributed by atoms with Crippen molar-refractivity contribution in [2.24, 2.45) is 0 Å². The zero-order chi connectivity index (χ0) is 21.2. The summed E-state index contributed by atoms with van der Waals surface area (Å²) in [6.07, 6.45) is 0. The van der Waals surface area contributed by atoms with Gasteiger partial charge >= 0.3 is 7.12 Å². The monoisotopic (exact) mass is 393 g/mol. The first kappa shape index (κ1) is 20.5. The van der Waals surface area contributed by atoms with E-state index >= 15 is 0 Å². The van der Waals surface area contributed by atoms with Gasteiger partial charge in [-0.2, -0.15) is 0 Å². The van der Waals surface area contributed by atoms with E-state index in [1.165, 1.54) is 11.1 Å². The van der Waals surface area contributed by atoms with Crippen LogP contribution in [0.1, 0.15) is 71.2 Å². The van der Waals surface area contributed by atoms with Gasteiger partial charge in [0, 0.05) is 16.6 Å². The van der Waals surface area contributed by atoms with Crippen LogP contribution in [0.25, 0.3) is 0 Å². The van der Waals surface area contributed by atoms with Gasteiger partial charge < -0.3 is 14.1 Å². The Bertz CT molecular complexity index is 902. The average Bonchev–Trinajstić information content (AvgIpc) is 3.09. The molecule has 2 aromatic rings. The van der Waals surface area contributed by atoms with E-state index in [1.54, 1.807) is 0 Å². The Labute approximate surface area is 175 Å². The molecule has 1 unspecified atom stereocenters. The first-order valence-corrected chi connectivity index (χ1v) is 10.4. The number of fused-ring (bicyclic) bond motifs is 1. The molecule has 0 radical (unpaired) electrons. The molecule has 1 saturated heterocycles. The van der Waals surface area contributed by atoms with Crippen LogP contribution < -0.4 is 10.3 Å². The Morgan fingerprint density at radius 3 is 2.07 bits per heavy atom. The Balaban J connectivity index is 1.85. The third kappa shape index (κ3) is 3.39. The molecule has 5 heteroatoms. The van der Waals surface area contributed by atoms with Gasteiger partial charge in [-0.3, -0.25) is 0 Å². The molecule has 0 amide bonds. The van der Waals surface area contributed by atoms with Crippen molar-refractivity contribution in [1.29, 1.82) is 0 Å². The fraction of sp³-hybridized carbons (Fsp3) is 0.500. The van der Waals surface area contributed by atoms with Gasteiger partial charge in [-0.15, -0.1) is 5.06 Å². The lowest BCUT2D eigenvalue weighted by Crippen LogP contribution is -2.44. The molecule has 154 valence electrons. The van der Waals surface area contributed by atoms with Crippen LogP contribution in [0.4, 0.5) is 0 Å². The van der Waals surface area contributed by atoms with E-state index in [1.807, 2.05) is 6.07 Å². The van der Waals surface area contributed by atoms with Gasteiger partial charge in [0.25, 0.3) is 0 Å². The fourth-order valence-corrected chi connectivity index (χ4v) is 4.04.